The molecular formula is C22H19N8O6P. The van der Waals surface area contributed by atoms with Crippen molar-refractivity contribution in [3.05, 3.63) is 67.0 Å². The summed E-state index contributed by atoms with van der Waals surface area (Å²) in [7, 11) is -4.75. The normalized spacial score (nSPS) is 11.5. The lowest BCUT2D eigenvalue weighted by atomic mass is 10.1. The van der Waals surface area contributed by atoms with E-state index in [1.54, 1.807) is 47.4 Å². The molecule has 0 saturated heterocycles. The zero-order valence-corrected chi connectivity index (χ0v) is 20.0. The molecule has 15 heteroatoms. The van der Waals surface area contributed by atoms with Crippen molar-refractivity contribution < 1.29 is 28.4 Å². The van der Waals surface area contributed by atoms with Gasteiger partial charge in [0.05, 0.1) is 5.52 Å². The van der Waals surface area contributed by atoms with E-state index in [9.17, 15) is 9.36 Å². The first kappa shape index (κ1) is 24.2. The number of rotatable bonds is 8. The van der Waals surface area contributed by atoms with Gasteiger partial charge in [0.2, 0.25) is 5.88 Å². The summed E-state index contributed by atoms with van der Waals surface area (Å²) in [6, 6.07) is 12.1. The van der Waals surface area contributed by atoms with Crippen molar-refractivity contribution in [3.8, 4) is 11.6 Å². The minimum atomic E-state index is -4.75. The number of anilines is 3. The van der Waals surface area contributed by atoms with E-state index in [0.29, 0.717) is 39.7 Å². The fraction of sp³-hybridized carbons (Fsp3) is 0.0909. The van der Waals surface area contributed by atoms with E-state index in [2.05, 4.69) is 40.3 Å². The number of phosphoric ester groups is 1. The summed E-state index contributed by atoms with van der Waals surface area (Å²) in [6.07, 6.45) is 4.53. The van der Waals surface area contributed by atoms with Gasteiger partial charge in [-0.25, -0.2) is 19.5 Å². The quantitative estimate of drug-likeness (QED) is 0.219. The molecule has 0 spiro atoms. The van der Waals surface area contributed by atoms with Gasteiger partial charge < -0.3 is 25.2 Å². The molecule has 0 saturated carbocycles. The molecule has 0 aliphatic rings. The predicted octanol–water partition coefficient (Wildman–Crippen LogP) is 2.96. The molecule has 1 amide bonds. The maximum absolute atomic E-state index is 12.0. The van der Waals surface area contributed by atoms with Gasteiger partial charge in [0, 0.05) is 22.8 Å². The topological polar surface area (TPSA) is 186 Å². The smallest absolute Gasteiger partial charge is 0.439 e. The van der Waals surface area contributed by atoms with Gasteiger partial charge in [-0.05, 0) is 48.9 Å². The van der Waals surface area contributed by atoms with Crippen LogP contribution in [0.2, 0.25) is 0 Å². The Kier molecular flexibility index (Phi) is 6.46. The molecule has 0 bridgehead atoms. The molecule has 0 unspecified atom stereocenters. The van der Waals surface area contributed by atoms with Crippen molar-refractivity contribution in [1.82, 2.24) is 29.5 Å². The van der Waals surface area contributed by atoms with E-state index >= 15 is 0 Å². The van der Waals surface area contributed by atoms with E-state index in [1.807, 2.05) is 19.1 Å². The summed E-state index contributed by atoms with van der Waals surface area (Å²) < 4.78 is 22.6. The molecule has 3 aromatic heterocycles. The van der Waals surface area contributed by atoms with Gasteiger partial charge >= 0.3 is 7.82 Å². The Morgan fingerprint density at radius 2 is 1.89 bits per heavy atom. The minimum Gasteiger partial charge on any atom is -0.439 e. The molecule has 2 aromatic carbocycles. The third kappa shape index (κ3) is 5.85. The molecule has 0 fully saturated rings. The molecule has 3 heterocycles. The van der Waals surface area contributed by atoms with Crippen LogP contribution in [0.5, 0.6) is 11.6 Å². The fourth-order valence-corrected chi connectivity index (χ4v) is 3.72. The van der Waals surface area contributed by atoms with E-state index in [-0.39, 0.29) is 0 Å². The molecule has 14 nitrogen and oxygen atoms in total. The van der Waals surface area contributed by atoms with Crippen LogP contribution in [0.1, 0.15) is 5.56 Å². The average molecular weight is 522 g/mol. The van der Waals surface area contributed by atoms with Crippen molar-refractivity contribution in [2.75, 3.05) is 17.2 Å². The van der Waals surface area contributed by atoms with Crippen LogP contribution < -0.4 is 15.4 Å². The summed E-state index contributed by atoms with van der Waals surface area (Å²) in [5.74, 6) is 0.751. The number of benzene rings is 2. The Morgan fingerprint density at radius 1 is 1.05 bits per heavy atom. The summed E-state index contributed by atoms with van der Waals surface area (Å²) in [5, 5.41) is 14.2. The number of amides is 1. The number of fused-ring (bicyclic) bond motifs is 2. The van der Waals surface area contributed by atoms with Gasteiger partial charge in [0.1, 0.15) is 37.2 Å². The maximum Gasteiger partial charge on any atom is 0.470 e. The maximum atomic E-state index is 12.0. The molecule has 37 heavy (non-hydrogen) atoms. The van der Waals surface area contributed by atoms with E-state index < -0.39 is 20.3 Å². The zero-order valence-electron chi connectivity index (χ0n) is 19.1. The lowest BCUT2D eigenvalue weighted by Crippen LogP contribution is -2.17. The highest BCUT2D eigenvalue weighted by Gasteiger charge is 2.17. The number of nitrogens with zero attached hydrogens (tertiary/aromatic N) is 6. The number of aromatic nitrogens is 6. The lowest BCUT2D eigenvalue weighted by Gasteiger charge is -2.13. The number of ether oxygens (including phenoxy) is 1. The van der Waals surface area contributed by atoms with Crippen molar-refractivity contribution in [2.24, 2.45) is 0 Å². The number of carbonyl (C=O) groups is 1. The third-order valence-corrected chi connectivity index (χ3v) is 5.56. The molecule has 5 rings (SSSR count). The molecule has 4 N–H and O–H groups in total. The summed E-state index contributed by atoms with van der Waals surface area (Å²) in [5.41, 5.74) is 3.18. The summed E-state index contributed by atoms with van der Waals surface area (Å²) in [6.45, 7) is 1.09. The fourth-order valence-electron chi connectivity index (χ4n) is 3.43. The number of phosphoric acid groups is 1. The third-order valence-electron chi connectivity index (χ3n) is 5.10. The number of aryl methyl sites for hydroxylation is 1. The van der Waals surface area contributed by atoms with Gasteiger partial charge in [0.15, 0.2) is 5.65 Å². The van der Waals surface area contributed by atoms with Crippen LogP contribution >= 0.6 is 7.82 Å². The van der Waals surface area contributed by atoms with Crippen molar-refractivity contribution in [1.29, 1.82) is 0 Å². The second kappa shape index (κ2) is 9.87. The van der Waals surface area contributed by atoms with Crippen LogP contribution in [-0.2, 0) is 13.9 Å². The first-order valence-electron chi connectivity index (χ1n) is 10.7. The van der Waals surface area contributed by atoms with Crippen LogP contribution in [0.3, 0.4) is 0 Å². The molecule has 0 aliphatic carbocycles. The van der Waals surface area contributed by atoms with Crippen LogP contribution in [-0.4, -0.2) is 51.9 Å². The Balaban J connectivity index is 1.33. The van der Waals surface area contributed by atoms with E-state index in [1.165, 1.54) is 6.33 Å². The predicted molar refractivity (Wildman–Crippen MR) is 131 cm³/mol. The molecule has 0 radical (unpaired) electrons. The molecular weight excluding hydrogens is 503 g/mol. The van der Waals surface area contributed by atoms with Crippen molar-refractivity contribution >= 4 is 47.5 Å². The second-order valence-electron chi connectivity index (χ2n) is 7.80. The number of hydrogen-bond acceptors (Lipinski definition) is 10. The average Bonchev–Trinajstić information content (AvgIpc) is 3.32. The lowest BCUT2D eigenvalue weighted by molar-refractivity contribution is -0.118. The Hall–Kier alpha value is -4.49. The number of hydrogen-bond donors (Lipinski definition) is 4. The summed E-state index contributed by atoms with van der Waals surface area (Å²) in [4.78, 5) is 42.3. The Bertz CT molecular complexity index is 1670. The van der Waals surface area contributed by atoms with Crippen LogP contribution in [0, 0.1) is 6.92 Å². The number of nitrogens with one attached hydrogen (secondary N) is 2. The van der Waals surface area contributed by atoms with Crippen LogP contribution in [0.4, 0.5) is 17.2 Å². The molecule has 188 valence electrons. The first-order chi connectivity index (χ1) is 17.7. The second-order valence-corrected chi connectivity index (χ2v) is 9.04. The highest BCUT2D eigenvalue weighted by Crippen LogP contribution is 2.35. The summed E-state index contributed by atoms with van der Waals surface area (Å²) >= 11 is 0. The van der Waals surface area contributed by atoms with Gasteiger partial charge in [-0.1, -0.05) is 0 Å². The van der Waals surface area contributed by atoms with E-state index in [4.69, 9.17) is 14.5 Å². The standard InChI is InChI=1S/C22H19N8O6P/c1-13-6-14(3-5-18(13)36-21-8-19-29-26-12-30(19)11-25-21)28-22-16-7-15(2-4-17(16)23-10-24-22)27-20(31)9-35-37(32,33)34/h2-8,10-12H,9H2,1H3,(H,27,31)(H,23,24,28)(H2,32,33,34). The van der Waals surface area contributed by atoms with Crippen LogP contribution in [0.15, 0.2) is 61.4 Å². The largest absolute Gasteiger partial charge is 0.470 e. The number of carbonyl (C=O) groups excluding carboxylic acids is 1. The zero-order chi connectivity index (χ0) is 26.0. The van der Waals surface area contributed by atoms with Crippen molar-refractivity contribution in [3.63, 3.8) is 0 Å². The monoisotopic (exact) mass is 522 g/mol. The highest BCUT2D eigenvalue weighted by atomic mass is 31.2. The van der Waals surface area contributed by atoms with Gasteiger partial charge in [-0.3, -0.25) is 13.7 Å². The Labute approximate surface area is 208 Å². The van der Waals surface area contributed by atoms with E-state index in [0.717, 1.165) is 11.3 Å². The molecule has 5 aromatic rings. The highest BCUT2D eigenvalue weighted by molar-refractivity contribution is 7.46. The van der Waals surface area contributed by atoms with Gasteiger partial charge in [-0.15, -0.1) is 10.2 Å². The molecule has 0 atom stereocenters. The van der Waals surface area contributed by atoms with Gasteiger partial charge in [-0.2, -0.15) is 0 Å². The molecule has 0 aliphatic heterocycles. The van der Waals surface area contributed by atoms with Crippen molar-refractivity contribution in [2.45, 2.75) is 6.92 Å². The minimum absolute atomic E-state index is 0.377. The van der Waals surface area contributed by atoms with Crippen LogP contribution in [0.25, 0.3) is 16.6 Å². The SMILES string of the molecule is Cc1cc(Nc2ncnc3ccc(NC(=O)COP(=O)(O)O)cc23)ccc1Oc1cc2nncn2cn1. The Morgan fingerprint density at radius 3 is 2.70 bits per heavy atom. The first-order valence-corrected chi connectivity index (χ1v) is 12.2. The van der Waals surface area contributed by atoms with Gasteiger partial charge in [0.25, 0.3) is 5.91 Å².